The summed E-state index contributed by atoms with van der Waals surface area (Å²) in [7, 11) is 1.70. The summed E-state index contributed by atoms with van der Waals surface area (Å²) in [6, 6.07) is 1.55. The third-order valence-electron chi connectivity index (χ3n) is 6.18. The van der Waals surface area contributed by atoms with E-state index in [0.29, 0.717) is 34.7 Å². The Labute approximate surface area is 176 Å². The number of methoxy groups -OCH3 is 1. The molecule has 1 amide bonds. The van der Waals surface area contributed by atoms with Crippen LogP contribution in [-0.4, -0.2) is 69.0 Å². The zero-order valence-corrected chi connectivity index (χ0v) is 17.7. The lowest BCUT2D eigenvalue weighted by molar-refractivity contribution is -0.0112. The molecule has 3 atom stereocenters. The number of ether oxygens (including phenoxy) is 3. The van der Waals surface area contributed by atoms with Crippen molar-refractivity contribution in [2.75, 3.05) is 45.7 Å². The number of benzene rings is 1. The van der Waals surface area contributed by atoms with Crippen LogP contribution in [0.15, 0.2) is 6.07 Å². The summed E-state index contributed by atoms with van der Waals surface area (Å²) >= 11 is 6.29. The van der Waals surface area contributed by atoms with Crippen molar-refractivity contribution in [2.45, 2.75) is 50.4 Å². The Morgan fingerprint density at radius 2 is 2.24 bits per heavy atom. The highest BCUT2D eigenvalue weighted by Crippen LogP contribution is 2.38. The van der Waals surface area contributed by atoms with Gasteiger partial charge in [0.05, 0.1) is 41.1 Å². The number of nitrogens with zero attached hydrogens (tertiary/aromatic N) is 1. The Bertz CT molecular complexity index is 754. The number of anilines is 1. The molecule has 3 heterocycles. The topological polar surface area (TPSA) is 86.1 Å². The van der Waals surface area contributed by atoms with E-state index in [9.17, 15) is 4.79 Å². The summed E-state index contributed by atoms with van der Waals surface area (Å²) in [5, 5.41) is 3.54. The summed E-state index contributed by atoms with van der Waals surface area (Å²) in [5.74, 6) is 0.380. The Morgan fingerprint density at radius 3 is 3.00 bits per heavy atom. The van der Waals surface area contributed by atoms with E-state index in [1.165, 1.54) is 0 Å². The molecule has 2 fully saturated rings. The van der Waals surface area contributed by atoms with Crippen molar-refractivity contribution in [3.05, 3.63) is 22.2 Å². The summed E-state index contributed by atoms with van der Waals surface area (Å²) in [6.07, 6.45) is 4.97. The monoisotopic (exact) mass is 423 g/mol. The molecule has 0 radical (unpaired) electrons. The molecular formula is C21H30ClN3O4. The summed E-state index contributed by atoms with van der Waals surface area (Å²) in [6.45, 7) is 4.05. The average molecular weight is 424 g/mol. The quantitative estimate of drug-likeness (QED) is 0.706. The van der Waals surface area contributed by atoms with Crippen molar-refractivity contribution < 1.29 is 19.0 Å². The van der Waals surface area contributed by atoms with Crippen LogP contribution < -0.4 is 15.8 Å². The molecule has 3 N–H and O–H groups in total. The fourth-order valence-electron chi connectivity index (χ4n) is 4.58. The number of hydrogen-bond donors (Lipinski definition) is 2. The first-order valence-corrected chi connectivity index (χ1v) is 10.9. The number of piperidine rings is 1. The minimum absolute atomic E-state index is 0.0659. The number of nitrogens with two attached hydrogens (primary N) is 1. The first-order chi connectivity index (χ1) is 14.1. The van der Waals surface area contributed by atoms with Crippen LogP contribution in [0.25, 0.3) is 0 Å². The number of nitrogens with one attached hydrogen (secondary N) is 1. The van der Waals surface area contributed by atoms with E-state index in [2.05, 4.69) is 10.2 Å². The van der Waals surface area contributed by atoms with Crippen LogP contribution in [0.2, 0.25) is 5.02 Å². The molecule has 0 aliphatic carbocycles. The van der Waals surface area contributed by atoms with Crippen LogP contribution in [-0.2, 0) is 15.9 Å². The van der Waals surface area contributed by atoms with Gasteiger partial charge in [-0.1, -0.05) is 11.6 Å². The van der Waals surface area contributed by atoms with Gasteiger partial charge in [-0.2, -0.15) is 0 Å². The van der Waals surface area contributed by atoms with Crippen LogP contribution in [0.1, 0.15) is 41.6 Å². The van der Waals surface area contributed by atoms with E-state index < -0.39 is 0 Å². The summed E-state index contributed by atoms with van der Waals surface area (Å²) in [5.41, 5.74) is 7.90. The van der Waals surface area contributed by atoms with Gasteiger partial charge in [-0.25, -0.2) is 0 Å². The van der Waals surface area contributed by atoms with Gasteiger partial charge in [0.15, 0.2) is 0 Å². The van der Waals surface area contributed by atoms with Crippen molar-refractivity contribution in [1.29, 1.82) is 0 Å². The molecule has 29 heavy (non-hydrogen) atoms. The van der Waals surface area contributed by atoms with E-state index in [1.807, 2.05) is 0 Å². The van der Waals surface area contributed by atoms with E-state index >= 15 is 0 Å². The van der Waals surface area contributed by atoms with E-state index in [1.54, 1.807) is 13.2 Å². The van der Waals surface area contributed by atoms with Crippen LogP contribution >= 0.6 is 11.6 Å². The van der Waals surface area contributed by atoms with Crippen molar-refractivity contribution >= 4 is 23.2 Å². The second kappa shape index (κ2) is 9.08. The van der Waals surface area contributed by atoms with Crippen LogP contribution in [0.5, 0.6) is 5.75 Å². The summed E-state index contributed by atoms with van der Waals surface area (Å²) in [4.78, 5) is 15.5. The predicted octanol–water partition coefficient (Wildman–Crippen LogP) is 2.25. The number of likely N-dealkylation sites (tertiary alicyclic amines) is 1. The van der Waals surface area contributed by atoms with Gasteiger partial charge in [-0.3, -0.25) is 9.69 Å². The number of halogens is 1. The number of fused-ring (bicyclic) bond motifs is 1. The Hall–Kier alpha value is -1.54. The standard InChI is InChI=1S/C21H30ClN3O4/c1-27-18-12-25(11-13-4-2-8-28-13)7-6-17(18)24-21(26)15-10-16(22)19(23)14-5-3-9-29-20(14)15/h10,13,17-18H,2-9,11-12,23H2,1H3,(H,24,26)/t13?,17-,18+/m0/s1. The number of nitrogen functional groups attached to an aromatic ring is 1. The molecular weight excluding hydrogens is 394 g/mol. The first-order valence-electron chi connectivity index (χ1n) is 10.5. The van der Waals surface area contributed by atoms with E-state index in [-0.39, 0.29) is 18.1 Å². The molecule has 160 valence electrons. The van der Waals surface area contributed by atoms with Gasteiger partial charge >= 0.3 is 0 Å². The Balaban J connectivity index is 1.44. The molecule has 0 bridgehead atoms. The second-order valence-corrected chi connectivity index (χ2v) is 8.52. The van der Waals surface area contributed by atoms with Crippen molar-refractivity contribution in [2.24, 2.45) is 0 Å². The maximum Gasteiger partial charge on any atom is 0.255 e. The second-order valence-electron chi connectivity index (χ2n) is 8.12. The minimum Gasteiger partial charge on any atom is -0.492 e. The van der Waals surface area contributed by atoms with Gasteiger partial charge in [0, 0.05) is 38.9 Å². The molecule has 1 aromatic rings. The molecule has 1 unspecified atom stereocenters. The highest BCUT2D eigenvalue weighted by atomic mass is 35.5. The first kappa shape index (κ1) is 20.7. The molecule has 1 aromatic carbocycles. The molecule has 7 nitrogen and oxygen atoms in total. The minimum atomic E-state index is -0.190. The average Bonchev–Trinajstić information content (AvgIpc) is 3.24. The van der Waals surface area contributed by atoms with Gasteiger partial charge in [-0.15, -0.1) is 0 Å². The molecule has 4 rings (SSSR count). The maximum absolute atomic E-state index is 13.1. The smallest absolute Gasteiger partial charge is 0.255 e. The molecule has 0 aromatic heterocycles. The fourth-order valence-corrected chi connectivity index (χ4v) is 4.80. The van der Waals surface area contributed by atoms with Crippen molar-refractivity contribution in [1.82, 2.24) is 10.2 Å². The van der Waals surface area contributed by atoms with Crippen LogP contribution in [0.4, 0.5) is 5.69 Å². The summed E-state index contributed by atoms with van der Waals surface area (Å²) < 4.78 is 17.3. The van der Waals surface area contributed by atoms with Gasteiger partial charge in [0.1, 0.15) is 5.75 Å². The molecule has 0 spiro atoms. The highest BCUT2D eigenvalue weighted by Gasteiger charge is 2.33. The van der Waals surface area contributed by atoms with Crippen molar-refractivity contribution in [3.8, 4) is 5.75 Å². The normalized spacial score (nSPS) is 27.3. The molecule has 0 saturated carbocycles. The molecule has 2 saturated heterocycles. The van der Waals surface area contributed by atoms with Gasteiger partial charge in [-0.05, 0) is 38.2 Å². The maximum atomic E-state index is 13.1. The lowest BCUT2D eigenvalue weighted by Gasteiger charge is -2.39. The largest absolute Gasteiger partial charge is 0.492 e. The predicted molar refractivity (Wildman–Crippen MR) is 112 cm³/mol. The van der Waals surface area contributed by atoms with E-state index in [0.717, 1.165) is 63.9 Å². The number of carbonyl (C=O) groups is 1. The fraction of sp³-hybridized carbons (Fsp3) is 0.667. The zero-order chi connectivity index (χ0) is 20.4. The van der Waals surface area contributed by atoms with E-state index in [4.69, 9.17) is 31.5 Å². The number of carbonyl (C=O) groups excluding carboxylic acids is 1. The van der Waals surface area contributed by atoms with Crippen molar-refractivity contribution in [3.63, 3.8) is 0 Å². The van der Waals surface area contributed by atoms with Gasteiger partial charge < -0.3 is 25.3 Å². The van der Waals surface area contributed by atoms with Crippen LogP contribution in [0.3, 0.4) is 0 Å². The third-order valence-corrected chi connectivity index (χ3v) is 6.50. The lowest BCUT2D eigenvalue weighted by atomic mass is 9.97. The van der Waals surface area contributed by atoms with Gasteiger partial charge in [0.25, 0.3) is 5.91 Å². The Morgan fingerprint density at radius 1 is 1.38 bits per heavy atom. The SMILES string of the molecule is CO[C@@H]1CN(CC2CCCO2)CC[C@@H]1NC(=O)c1cc(Cl)c(N)c2c1OCCC2. The number of hydrogen-bond acceptors (Lipinski definition) is 6. The number of amides is 1. The number of rotatable bonds is 5. The Kier molecular flexibility index (Phi) is 6.49. The third kappa shape index (κ3) is 4.48. The van der Waals surface area contributed by atoms with Gasteiger partial charge in [0.2, 0.25) is 0 Å². The van der Waals surface area contributed by atoms with Crippen LogP contribution in [0, 0.1) is 0 Å². The molecule has 3 aliphatic rings. The molecule has 3 aliphatic heterocycles. The highest BCUT2D eigenvalue weighted by molar-refractivity contribution is 6.33. The molecule has 8 heteroatoms. The zero-order valence-electron chi connectivity index (χ0n) is 16.9. The lowest BCUT2D eigenvalue weighted by Crippen LogP contribution is -2.55.